The fourth-order valence-electron chi connectivity index (χ4n) is 2.85. The van der Waals surface area contributed by atoms with E-state index in [0.29, 0.717) is 5.92 Å². The highest BCUT2D eigenvalue weighted by molar-refractivity contribution is 7.85. The van der Waals surface area contributed by atoms with Gasteiger partial charge in [-0.05, 0) is 44.9 Å². The minimum Gasteiger partial charge on any atom is -0.472 e. The monoisotopic (exact) mass is 412 g/mol. The molecule has 2 rings (SSSR count). The van der Waals surface area contributed by atoms with Crippen molar-refractivity contribution in [2.45, 2.75) is 51.6 Å². The van der Waals surface area contributed by atoms with Crippen LogP contribution in [0.2, 0.25) is 0 Å². The van der Waals surface area contributed by atoms with Crippen LogP contribution in [0.5, 0.6) is 5.75 Å². The second-order valence-electron chi connectivity index (χ2n) is 7.28. The molecule has 0 heterocycles. The summed E-state index contributed by atoms with van der Waals surface area (Å²) in [6, 6.07) is 3.47. The summed E-state index contributed by atoms with van der Waals surface area (Å²) in [4.78, 5) is 12.0. The molecule has 0 unspecified atom stereocenters. The topological polar surface area (TPSA) is 89.9 Å². The molecule has 1 saturated carbocycles. The van der Waals surface area contributed by atoms with Gasteiger partial charge in [-0.2, -0.15) is 8.42 Å². The van der Waals surface area contributed by atoms with E-state index >= 15 is 0 Å². The first-order chi connectivity index (χ1) is 13.1. The molecule has 28 heavy (non-hydrogen) atoms. The maximum Gasteiger partial charge on any atom is 0.338 e. The summed E-state index contributed by atoms with van der Waals surface area (Å²) in [5, 5.41) is 0. The second-order valence-corrected chi connectivity index (χ2v) is 8.86. The van der Waals surface area contributed by atoms with Crippen molar-refractivity contribution in [3.63, 3.8) is 0 Å². The molecule has 1 aromatic carbocycles. The number of benzene rings is 1. The standard InChI is InChI=1S/C20H25FO6S/c1-20(2,11-10-15-6-4-3-5-7-15)27-18-14-16(8-9-17(18)21)19(22)26-12-13-28(23,24)25/h8-9,14-15H,3-7,12-13H2,1-2H3,(H,23,24,25). The average molecular weight is 412 g/mol. The number of halogens is 1. The molecule has 0 aromatic heterocycles. The van der Waals surface area contributed by atoms with Crippen LogP contribution in [0.3, 0.4) is 0 Å². The van der Waals surface area contributed by atoms with Crippen molar-refractivity contribution >= 4 is 16.1 Å². The van der Waals surface area contributed by atoms with Crippen molar-refractivity contribution in [3.05, 3.63) is 29.6 Å². The SMILES string of the molecule is CC(C)(C#CC1CCCCC1)Oc1cc(C(=O)OCCS(=O)(=O)O)ccc1F. The molecule has 0 spiro atoms. The van der Waals surface area contributed by atoms with Crippen LogP contribution in [0, 0.1) is 23.6 Å². The van der Waals surface area contributed by atoms with Crippen LogP contribution in [-0.4, -0.2) is 36.9 Å². The molecular weight excluding hydrogens is 387 g/mol. The summed E-state index contributed by atoms with van der Waals surface area (Å²) >= 11 is 0. The Morgan fingerprint density at radius 1 is 1.29 bits per heavy atom. The molecule has 1 N–H and O–H groups in total. The molecular formula is C20H25FO6S. The largest absolute Gasteiger partial charge is 0.472 e. The Balaban J connectivity index is 2.05. The summed E-state index contributed by atoms with van der Waals surface area (Å²) < 4.78 is 54.6. The smallest absolute Gasteiger partial charge is 0.338 e. The van der Waals surface area contributed by atoms with Crippen molar-refractivity contribution in [2.75, 3.05) is 12.4 Å². The Morgan fingerprint density at radius 2 is 1.96 bits per heavy atom. The van der Waals surface area contributed by atoms with Crippen LogP contribution in [0.25, 0.3) is 0 Å². The average Bonchev–Trinajstić information content (AvgIpc) is 2.61. The van der Waals surface area contributed by atoms with Gasteiger partial charge < -0.3 is 9.47 Å². The van der Waals surface area contributed by atoms with Crippen molar-refractivity contribution in [3.8, 4) is 17.6 Å². The first kappa shape index (κ1) is 22.2. The van der Waals surface area contributed by atoms with Gasteiger partial charge >= 0.3 is 5.97 Å². The van der Waals surface area contributed by atoms with Crippen LogP contribution < -0.4 is 4.74 Å². The number of esters is 1. The second kappa shape index (κ2) is 9.39. The number of ether oxygens (including phenoxy) is 2. The van der Waals surface area contributed by atoms with Crippen LogP contribution in [0.4, 0.5) is 4.39 Å². The first-order valence-electron chi connectivity index (χ1n) is 9.19. The lowest BCUT2D eigenvalue weighted by Crippen LogP contribution is -2.27. The maximum atomic E-state index is 14.1. The van der Waals surface area contributed by atoms with Crippen LogP contribution >= 0.6 is 0 Å². The lowest BCUT2D eigenvalue weighted by Gasteiger charge is -2.22. The first-order valence-corrected chi connectivity index (χ1v) is 10.8. The molecule has 0 radical (unpaired) electrons. The Hall–Kier alpha value is -2.11. The summed E-state index contributed by atoms with van der Waals surface area (Å²) in [6.07, 6.45) is 5.68. The van der Waals surface area contributed by atoms with E-state index in [2.05, 4.69) is 11.8 Å². The van der Waals surface area contributed by atoms with Gasteiger partial charge in [0.05, 0.1) is 5.56 Å². The van der Waals surface area contributed by atoms with Gasteiger partial charge in [0.2, 0.25) is 0 Å². The van der Waals surface area contributed by atoms with Gasteiger partial charge in [-0.1, -0.05) is 31.1 Å². The Labute approximate surface area is 165 Å². The maximum absolute atomic E-state index is 14.1. The molecule has 6 nitrogen and oxygen atoms in total. The van der Waals surface area contributed by atoms with E-state index in [1.165, 1.54) is 18.6 Å². The van der Waals surface area contributed by atoms with Crippen LogP contribution in [0.1, 0.15) is 56.3 Å². The van der Waals surface area contributed by atoms with E-state index in [1.54, 1.807) is 13.8 Å². The fraction of sp³-hybridized carbons (Fsp3) is 0.550. The number of carbonyl (C=O) groups excluding carboxylic acids is 1. The van der Waals surface area contributed by atoms with E-state index in [-0.39, 0.29) is 11.3 Å². The van der Waals surface area contributed by atoms with E-state index in [0.717, 1.165) is 31.7 Å². The Bertz CT molecular complexity index is 860. The quantitative estimate of drug-likeness (QED) is 0.436. The van der Waals surface area contributed by atoms with Crippen LogP contribution in [0.15, 0.2) is 18.2 Å². The Kier molecular flexibility index (Phi) is 7.44. The Morgan fingerprint density at radius 3 is 2.61 bits per heavy atom. The predicted octanol–water partition coefficient (Wildman–Crippen LogP) is 3.61. The molecule has 1 fully saturated rings. The van der Waals surface area contributed by atoms with Gasteiger partial charge in [-0.25, -0.2) is 9.18 Å². The zero-order valence-electron chi connectivity index (χ0n) is 16.0. The van der Waals surface area contributed by atoms with Gasteiger partial charge in [-0.3, -0.25) is 4.55 Å². The predicted molar refractivity (Wildman–Crippen MR) is 102 cm³/mol. The third-order valence-corrected chi connectivity index (χ3v) is 4.97. The molecule has 1 aromatic rings. The molecule has 0 saturated heterocycles. The number of rotatable bonds is 6. The summed E-state index contributed by atoms with van der Waals surface area (Å²) in [5.74, 6) is 4.23. The molecule has 0 bridgehead atoms. The fourth-order valence-corrected chi connectivity index (χ4v) is 3.15. The van der Waals surface area contributed by atoms with E-state index in [9.17, 15) is 17.6 Å². The minimum atomic E-state index is -4.23. The summed E-state index contributed by atoms with van der Waals surface area (Å²) in [6.45, 7) is 2.93. The van der Waals surface area contributed by atoms with Crippen molar-refractivity contribution in [1.82, 2.24) is 0 Å². The summed E-state index contributed by atoms with van der Waals surface area (Å²) in [7, 11) is -4.23. The van der Waals surface area contributed by atoms with Gasteiger partial charge in [0.25, 0.3) is 10.1 Å². The highest BCUT2D eigenvalue weighted by atomic mass is 32.2. The third-order valence-electron chi connectivity index (χ3n) is 4.29. The van der Waals surface area contributed by atoms with Gasteiger partial charge in [-0.15, -0.1) is 0 Å². The number of hydrogen-bond donors (Lipinski definition) is 1. The minimum absolute atomic E-state index is 0.00257. The number of hydrogen-bond acceptors (Lipinski definition) is 5. The highest BCUT2D eigenvalue weighted by Gasteiger charge is 2.21. The van der Waals surface area contributed by atoms with Crippen molar-refractivity contribution in [2.24, 2.45) is 5.92 Å². The highest BCUT2D eigenvalue weighted by Crippen LogP contribution is 2.26. The molecule has 1 aliphatic rings. The van der Waals surface area contributed by atoms with Gasteiger partial charge in [0.1, 0.15) is 12.4 Å². The molecule has 0 atom stereocenters. The molecule has 1 aliphatic carbocycles. The third kappa shape index (κ3) is 7.49. The lowest BCUT2D eigenvalue weighted by atomic mass is 9.89. The van der Waals surface area contributed by atoms with Crippen LogP contribution in [-0.2, 0) is 14.9 Å². The van der Waals surface area contributed by atoms with E-state index in [4.69, 9.17) is 14.0 Å². The zero-order valence-corrected chi connectivity index (χ0v) is 16.9. The molecule has 8 heteroatoms. The van der Waals surface area contributed by atoms with Crippen molar-refractivity contribution in [1.29, 1.82) is 0 Å². The lowest BCUT2D eigenvalue weighted by molar-refractivity contribution is 0.0527. The van der Waals surface area contributed by atoms with Gasteiger partial charge in [0, 0.05) is 5.92 Å². The molecule has 154 valence electrons. The van der Waals surface area contributed by atoms with E-state index in [1.807, 2.05) is 0 Å². The molecule has 0 aliphatic heterocycles. The summed E-state index contributed by atoms with van der Waals surface area (Å²) in [5.41, 5.74) is -0.950. The number of carbonyl (C=O) groups is 1. The van der Waals surface area contributed by atoms with Gasteiger partial charge in [0.15, 0.2) is 17.2 Å². The van der Waals surface area contributed by atoms with Crippen molar-refractivity contribution < 1.29 is 31.6 Å². The normalized spacial score (nSPS) is 15.4. The zero-order chi connectivity index (χ0) is 20.8. The van der Waals surface area contributed by atoms with E-state index < -0.39 is 39.9 Å². The molecule has 0 amide bonds.